The van der Waals surface area contributed by atoms with Gasteiger partial charge >= 0.3 is 0 Å². The second kappa shape index (κ2) is 9.22. The molecule has 2 nitrogen and oxygen atoms in total. The largest absolute Gasteiger partial charge is 0.508 e. The Morgan fingerprint density at radius 3 is 2.12 bits per heavy atom. The zero-order chi connectivity index (χ0) is 12.4. The quantitative estimate of drug-likeness (QED) is 0.818. The summed E-state index contributed by atoms with van der Waals surface area (Å²) in [7, 11) is 0. The highest BCUT2D eigenvalue weighted by Crippen LogP contribution is 2.14. The van der Waals surface area contributed by atoms with Crippen molar-refractivity contribution < 1.29 is 10.2 Å². The van der Waals surface area contributed by atoms with Crippen LogP contribution < -0.4 is 0 Å². The SMILES string of the molecule is CCCC(C)CC.OCc1ccccc1O. The van der Waals surface area contributed by atoms with Crippen molar-refractivity contribution in [3.63, 3.8) is 0 Å². The van der Waals surface area contributed by atoms with Gasteiger partial charge in [-0.25, -0.2) is 0 Å². The first kappa shape index (κ1) is 15.0. The minimum atomic E-state index is -0.104. The number of aliphatic hydroxyl groups excluding tert-OH is 1. The van der Waals surface area contributed by atoms with Crippen molar-refractivity contribution in [2.75, 3.05) is 0 Å². The molecule has 0 saturated carbocycles. The van der Waals surface area contributed by atoms with Crippen molar-refractivity contribution in [2.24, 2.45) is 5.92 Å². The van der Waals surface area contributed by atoms with Gasteiger partial charge in [-0.05, 0) is 12.0 Å². The van der Waals surface area contributed by atoms with Crippen molar-refractivity contribution in [1.29, 1.82) is 0 Å². The second-order valence-corrected chi connectivity index (χ2v) is 4.09. The second-order valence-electron chi connectivity index (χ2n) is 4.09. The lowest BCUT2D eigenvalue weighted by Crippen LogP contribution is -1.88. The summed E-state index contributed by atoms with van der Waals surface area (Å²) >= 11 is 0. The standard InChI is InChI=1S/C7H8O2.C7H16/c8-5-6-3-1-2-4-7(6)9;1-4-6-7(3)5-2/h1-4,8-9H,5H2;7H,4-6H2,1-3H3. The van der Waals surface area contributed by atoms with Gasteiger partial charge in [0, 0.05) is 5.56 Å². The lowest BCUT2D eigenvalue weighted by molar-refractivity contribution is 0.275. The van der Waals surface area contributed by atoms with Gasteiger partial charge in [0.05, 0.1) is 6.61 Å². The molecule has 0 aliphatic rings. The van der Waals surface area contributed by atoms with Gasteiger partial charge in [0.25, 0.3) is 0 Å². The molecular formula is C14H24O2. The fourth-order valence-electron chi connectivity index (χ4n) is 1.34. The van der Waals surface area contributed by atoms with Gasteiger partial charge in [-0.2, -0.15) is 0 Å². The maximum Gasteiger partial charge on any atom is 0.121 e. The predicted molar refractivity (Wildman–Crippen MR) is 68.4 cm³/mol. The third-order valence-electron chi connectivity index (χ3n) is 2.64. The Morgan fingerprint density at radius 1 is 1.19 bits per heavy atom. The molecule has 0 aromatic heterocycles. The molecule has 1 aromatic rings. The molecule has 0 amide bonds. The van der Waals surface area contributed by atoms with Crippen LogP contribution in [0.15, 0.2) is 24.3 Å². The van der Waals surface area contributed by atoms with E-state index in [-0.39, 0.29) is 12.4 Å². The molecule has 2 heteroatoms. The molecule has 1 rings (SSSR count). The Kier molecular flexibility index (Phi) is 8.64. The summed E-state index contributed by atoms with van der Waals surface area (Å²) in [5.74, 6) is 1.10. The molecule has 0 radical (unpaired) electrons. The molecule has 0 heterocycles. The number of benzene rings is 1. The van der Waals surface area contributed by atoms with Gasteiger partial charge in [0.2, 0.25) is 0 Å². The maximum absolute atomic E-state index is 8.95. The Labute approximate surface area is 98.9 Å². The van der Waals surface area contributed by atoms with Crippen LogP contribution in [0.3, 0.4) is 0 Å². The number of aromatic hydroxyl groups is 1. The average Bonchev–Trinajstić information content (AvgIpc) is 2.31. The summed E-state index contributed by atoms with van der Waals surface area (Å²) in [4.78, 5) is 0. The molecule has 92 valence electrons. The normalized spacial score (nSPS) is 11.5. The average molecular weight is 224 g/mol. The summed E-state index contributed by atoms with van der Waals surface area (Å²) in [6.45, 7) is 6.70. The van der Waals surface area contributed by atoms with E-state index in [9.17, 15) is 0 Å². The van der Waals surface area contributed by atoms with Crippen LogP contribution in [0.5, 0.6) is 5.75 Å². The molecule has 16 heavy (non-hydrogen) atoms. The fraction of sp³-hybridized carbons (Fsp3) is 0.571. The van der Waals surface area contributed by atoms with E-state index in [1.54, 1.807) is 24.3 Å². The van der Waals surface area contributed by atoms with E-state index >= 15 is 0 Å². The van der Waals surface area contributed by atoms with Crippen molar-refractivity contribution in [3.05, 3.63) is 29.8 Å². The zero-order valence-corrected chi connectivity index (χ0v) is 10.6. The van der Waals surface area contributed by atoms with E-state index in [1.165, 1.54) is 19.3 Å². The van der Waals surface area contributed by atoms with Gasteiger partial charge in [0.15, 0.2) is 0 Å². The number of phenols is 1. The fourth-order valence-corrected chi connectivity index (χ4v) is 1.34. The molecule has 0 aliphatic heterocycles. The third kappa shape index (κ3) is 6.46. The lowest BCUT2D eigenvalue weighted by atomic mass is 10.0. The Hall–Kier alpha value is -1.02. The van der Waals surface area contributed by atoms with Crippen LogP contribution in [0.4, 0.5) is 0 Å². The zero-order valence-electron chi connectivity index (χ0n) is 10.6. The third-order valence-corrected chi connectivity index (χ3v) is 2.64. The highest BCUT2D eigenvalue weighted by molar-refractivity contribution is 5.30. The lowest BCUT2D eigenvalue weighted by Gasteiger charge is -2.02. The van der Waals surface area contributed by atoms with Crippen molar-refractivity contribution >= 4 is 0 Å². The molecule has 0 spiro atoms. The smallest absolute Gasteiger partial charge is 0.121 e. The number of rotatable bonds is 4. The van der Waals surface area contributed by atoms with E-state index in [1.807, 2.05) is 0 Å². The van der Waals surface area contributed by atoms with Crippen molar-refractivity contribution in [2.45, 2.75) is 46.6 Å². The number of aliphatic hydroxyl groups is 1. The van der Waals surface area contributed by atoms with E-state index in [4.69, 9.17) is 10.2 Å². The summed E-state index contributed by atoms with van der Waals surface area (Å²) in [5.41, 5.74) is 0.567. The highest BCUT2D eigenvalue weighted by atomic mass is 16.3. The highest BCUT2D eigenvalue weighted by Gasteiger charge is 1.93. The minimum absolute atomic E-state index is 0.104. The molecule has 1 atom stereocenters. The molecule has 0 fully saturated rings. The predicted octanol–water partition coefficient (Wildman–Crippen LogP) is 3.72. The molecule has 0 aliphatic carbocycles. The van der Waals surface area contributed by atoms with Gasteiger partial charge in [-0.1, -0.05) is 58.2 Å². The Balaban J connectivity index is 0.000000293. The molecule has 0 bridgehead atoms. The number of hydrogen-bond acceptors (Lipinski definition) is 2. The van der Waals surface area contributed by atoms with Crippen LogP contribution in [0.2, 0.25) is 0 Å². The van der Waals surface area contributed by atoms with Crippen LogP contribution in [0, 0.1) is 5.92 Å². The van der Waals surface area contributed by atoms with E-state index in [0.29, 0.717) is 5.56 Å². The van der Waals surface area contributed by atoms with Crippen LogP contribution >= 0.6 is 0 Å². The molecule has 0 saturated heterocycles. The van der Waals surface area contributed by atoms with E-state index in [0.717, 1.165) is 5.92 Å². The number of hydrogen-bond donors (Lipinski definition) is 2. The van der Waals surface area contributed by atoms with E-state index < -0.39 is 0 Å². The summed E-state index contributed by atoms with van der Waals surface area (Å²) < 4.78 is 0. The maximum atomic E-state index is 8.95. The molecule has 1 aromatic carbocycles. The van der Waals surface area contributed by atoms with Crippen LogP contribution in [0.1, 0.15) is 45.6 Å². The van der Waals surface area contributed by atoms with Crippen molar-refractivity contribution in [3.8, 4) is 5.75 Å². The first-order valence-corrected chi connectivity index (χ1v) is 6.03. The first-order valence-electron chi connectivity index (χ1n) is 6.03. The minimum Gasteiger partial charge on any atom is -0.508 e. The van der Waals surface area contributed by atoms with Crippen LogP contribution in [0.25, 0.3) is 0 Å². The van der Waals surface area contributed by atoms with Crippen LogP contribution in [-0.2, 0) is 6.61 Å². The number of para-hydroxylation sites is 1. The molecular weight excluding hydrogens is 200 g/mol. The monoisotopic (exact) mass is 224 g/mol. The van der Waals surface area contributed by atoms with Gasteiger partial charge < -0.3 is 10.2 Å². The van der Waals surface area contributed by atoms with Crippen LogP contribution in [-0.4, -0.2) is 10.2 Å². The summed E-state index contributed by atoms with van der Waals surface area (Å²) in [5, 5.41) is 17.5. The first-order chi connectivity index (χ1) is 7.65. The van der Waals surface area contributed by atoms with E-state index in [2.05, 4.69) is 20.8 Å². The molecule has 2 N–H and O–H groups in total. The summed E-state index contributed by atoms with van der Waals surface area (Å²) in [6.07, 6.45) is 4.08. The van der Waals surface area contributed by atoms with Gasteiger partial charge in [-0.3, -0.25) is 0 Å². The molecule has 1 unspecified atom stereocenters. The Morgan fingerprint density at radius 2 is 1.81 bits per heavy atom. The topological polar surface area (TPSA) is 40.5 Å². The van der Waals surface area contributed by atoms with Gasteiger partial charge in [0.1, 0.15) is 5.75 Å². The Bertz CT molecular complexity index is 271. The van der Waals surface area contributed by atoms with Crippen molar-refractivity contribution in [1.82, 2.24) is 0 Å². The van der Waals surface area contributed by atoms with Gasteiger partial charge in [-0.15, -0.1) is 0 Å². The summed E-state index contributed by atoms with van der Waals surface area (Å²) in [6, 6.07) is 6.71.